The predicted octanol–water partition coefficient (Wildman–Crippen LogP) is -0.162. The van der Waals surface area contributed by atoms with E-state index in [0.717, 1.165) is 12.8 Å². The van der Waals surface area contributed by atoms with E-state index in [9.17, 15) is 4.79 Å². The van der Waals surface area contributed by atoms with E-state index >= 15 is 0 Å². The van der Waals surface area contributed by atoms with Crippen molar-refractivity contribution in [3.05, 3.63) is 0 Å². The highest BCUT2D eigenvalue weighted by atomic mass is 16.5. The molecule has 1 aliphatic carbocycles. The third kappa shape index (κ3) is 1.36. The number of hydrogen-bond donors (Lipinski definition) is 2. The molecule has 0 spiro atoms. The molecule has 1 saturated carbocycles. The van der Waals surface area contributed by atoms with E-state index in [2.05, 4.69) is 5.32 Å². The van der Waals surface area contributed by atoms with Gasteiger partial charge >= 0.3 is 5.97 Å². The van der Waals surface area contributed by atoms with E-state index in [4.69, 9.17) is 9.84 Å². The fraction of sp³-hybridized carbons (Fsp3) is 0.857. The molecule has 4 heteroatoms. The van der Waals surface area contributed by atoms with E-state index < -0.39 is 17.6 Å². The molecule has 0 heterocycles. The molecule has 1 aliphatic rings. The standard InChI is InChI=1S/C7H13NO3/c1-8-5(6(9)10)7(11-2)3-4-7/h5,8H,3-4H2,1-2H3,(H,9,10)/t5-/m1/s1. The molecule has 2 N–H and O–H groups in total. The highest BCUT2D eigenvalue weighted by Gasteiger charge is 2.52. The molecule has 0 aromatic rings. The number of ether oxygens (including phenoxy) is 1. The Kier molecular flexibility index (Phi) is 2.15. The maximum atomic E-state index is 10.6. The fourth-order valence-electron chi connectivity index (χ4n) is 1.35. The lowest BCUT2D eigenvalue weighted by Gasteiger charge is -2.20. The van der Waals surface area contributed by atoms with Gasteiger partial charge in [-0.2, -0.15) is 0 Å². The van der Waals surface area contributed by atoms with Crippen LogP contribution in [0.3, 0.4) is 0 Å². The lowest BCUT2D eigenvalue weighted by Crippen LogP contribution is -2.46. The van der Waals surface area contributed by atoms with Gasteiger partial charge in [0.25, 0.3) is 0 Å². The molecule has 1 rings (SSSR count). The first kappa shape index (κ1) is 8.49. The first-order valence-corrected chi connectivity index (χ1v) is 3.61. The van der Waals surface area contributed by atoms with Crippen molar-refractivity contribution in [3.8, 4) is 0 Å². The van der Waals surface area contributed by atoms with Gasteiger partial charge in [0.2, 0.25) is 0 Å². The summed E-state index contributed by atoms with van der Waals surface area (Å²) >= 11 is 0. The van der Waals surface area contributed by atoms with Crippen molar-refractivity contribution in [2.24, 2.45) is 0 Å². The molecule has 0 bridgehead atoms. The predicted molar refractivity (Wildman–Crippen MR) is 39.5 cm³/mol. The minimum atomic E-state index is -0.841. The van der Waals surface area contributed by atoms with Crippen LogP contribution >= 0.6 is 0 Å². The molecule has 11 heavy (non-hydrogen) atoms. The number of nitrogens with one attached hydrogen (secondary N) is 1. The summed E-state index contributed by atoms with van der Waals surface area (Å²) in [6.45, 7) is 0. The Morgan fingerprint density at radius 2 is 2.27 bits per heavy atom. The molecule has 0 aliphatic heterocycles. The third-order valence-corrected chi connectivity index (χ3v) is 2.21. The van der Waals surface area contributed by atoms with Crippen molar-refractivity contribution >= 4 is 5.97 Å². The maximum absolute atomic E-state index is 10.6. The molecule has 0 aromatic carbocycles. The van der Waals surface area contributed by atoms with Gasteiger partial charge < -0.3 is 15.2 Å². The normalized spacial score (nSPS) is 22.7. The molecule has 0 radical (unpaired) electrons. The summed E-state index contributed by atoms with van der Waals surface area (Å²) in [6, 6.07) is -0.563. The molecule has 1 fully saturated rings. The Labute approximate surface area is 65.5 Å². The van der Waals surface area contributed by atoms with Gasteiger partial charge in [0.05, 0.1) is 5.60 Å². The van der Waals surface area contributed by atoms with Crippen molar-refractivity contribution in [2.75, 3.05) is 14.2 Å². The Morgan fingerprint density at radius 3 is 2.36 bits per heavy atom. The molecule has 1 atom stereocenters. The summed E-state index contributed by atoms with van der Waals surface area (Å²) in [5.74, 6) is -0.841. The average Bonchev–Trinajstić information content (AvgIpc) is 2.70. The van der Waals surface area contributed by atoms with Gasteiger partial charge in [0.1, 0.15) is 6.04 Å². The maximum Gasteiger partial charge on any atom is 0.323 e. The van der Waals surface area contributed by atoms with E-state index in [1.54, 1.807) is 14.2 Å². The zero-order valence-electron chi connectivity index (χ0n) is 6.76. The minimum absolute atomic E-state index is 0.430. The number of carbonyl (C=O) groups is 1. The zero-order valence-corrected chi connectivity index (χ0v) is 6.76. The smallest absolute Gasteiger partial charge is 0.323 e. The van der Waals surface area contributed by atoms with Gasteiger partial charge in [0, 0.05) is 7.11 Å². The van der Waals surface area contributed by atoms with Gasteiger partial charge in [-0.3, -0.25) is 4.79 Å². The Balaban J connectivity index is 2.61. The summed E-state index contributed by atoms with van der Waals surface area (Å²) < 4.78 is 5.12. The molecular weight excluding hydrogens is 146 g/mol. The molecule has 0 aromatic heterocycles. The van der Waals surface area contributed by atoms with Gasteiger partial charge in [-0.05, 0) is 19.9 Å². The van der Waals surface area contributed by atoms with E-state index in [1.165, 1.54) is 0 Å². The van der Waals surface area contributed by atoms with Crippen molar-refractivity contribution in [1.29, 1.82) is 0 Å². The van der Waals surface area contributed by atoms with Crippen LogP contribution in [0.25, 0.3) is 0 Å². The second kappa shape index (κ2) is 2.79. The lowest BCUT2D eigenvalue weighted by molar-refractivity contribution is -0.144. The summed E-state index contributed by atoms with van der Waals surface area (Å²) in [5, 5.41) is 11.5. The van der Waals surface area contributed by atoms with E-state index in [-0.39, 0.29) is 0 Å². The number of carboxylic acid groups (broad SMARTS) is 1. The molecular formula is C7H13NO3. The van der Waals surface area contributed by atoms with Crippen LogP contribution in [0.5, 0.6) is 0 Å². The first-order chi connectivity index (χ1) is 5.16. The topological polar surface area (TPSA) is 58.6 Å². The van der Waals surface area contributed by atoms with E-state index in [0.29, 0.717) is 0 Å². The van der Waals surface area contributed by atoms with Gasteiger partial charge in [0.15, 0.2) is 0 Å². The lowest BCUT2D eigenvalue weighted by atomic mass is 10.1. The number of methoxy groups -OCH3 is 1. The quantitative estimate of drug-likeness (QED) is 0.598. The van der Waals surface area contributed by atoms with Crippen LogP contribution in [0.2, 0.25) is 0 Å². The molecule has 4 nitrogen and oxygen atoms in total. The number of rotatable bonds is 4. The molecule has 0 amide bonds. The average molecular weight is 159 g/mol. The minimum Gasteiger partial charge on any atom is -0.480 e. The largest absolute Gasteiger partial charge is 0.480 e. The number of carboxylic acids is 1. The van der Waals surface area contributed by atoms with Gasteiger partial charge in [-0.15, -0.1) is 0 Å². The summed E-state index contributed by atoms with van der Waals surface area (Å²) in [7, 11) is 3.19. The molecule has 0 unspecified atom stereocenters. The monoisotopic (exact) mass is 159 g/mol. The van der Waals surface area contributed by atoms with Crippen LogP contribution < -0.4 is 5.32 Å². The number of aliphatic carboxylic acids is 1. The van der Waals surface area contributed by atoms with Gasteiger partial charge in [-0.25, -0.2) is 0 Å². The SMILES string of the molecule is CN[C@H](C(=O)O)C1(OC)CC1. The van der Waals surface area contributed by atoms with Crippen LogP contribution in [0, 0.1) is 0 Å². The fourth-order valence-corrected chi connectivity index (χ4v) is 1.35. The van der Waals surface area contributed by atoms with Crippen LogP contribution in [-0.4, -0.2) is 36.9 Å². The van der Waals surface area contributed by atoms with Crippen LogP contribution in [0.1, 0.15) is 12.8 Å². The van der Waals surface area contributed by atoms with Crippen molar-refractivity contribution in [1.82, 2.24) is 5.32 Å². The Morgan fingerprint density at radius 1 is 1.73 bits per heavy atom. The van der Waals surface area contributed by atoms with Crippen molar-refractivity contribution in [2.45, 2.75) is 24.5 Å². The van der Waals surface area contributed by atoms with Crippen LogP contribution in [0.15, 0.2) is 0 Å². The number of hydrogen-bond acceptors (Lipinski definition) is 3. The van der Waals surface area contributed by atoms with Crippen molar-refractivity contribution in [3.63, 3.8) is 0 Å². The highest BCUT2D eigenvalue weighted by Crippen LogP contribution is 2.41. The second-order valence-corrected chi connectivity index (χ2v) is 2.83. The zero-order chi connectivity index (χ0) is 8.48. The second-order valence-electron chi connectivity index (χ2n) is 2.83. The van der Waals surface area contributed by atoms with Crippen molar-refractivity contribution < 1.29 is 14.6 Å². The van der Waals surface area contributed by atoms with Crippen LogP contribution in [0.4, 0.5) is 0 Å². The summed E-state index contributed by atoms with van der Waals surface area (Å²) in [4.78, 5) is 10.6. The summed E-state index contributed by atoms with van der Waals surface area (Å²) in [6.07, 6.45) is 1.67. The number of likely N-dealkylation sites (N-methyl/N-ethyl adjacent to an activating group) is 1. The molecule has 0 saturated heterocycles. The molecule has 64 valence electrons. The van der Waals surface area contributed by atoms with Crippen LogP contribution in [-0.2, 0) is 9.53 Å². The van der Waals surface area contributed by atoms with Gasteiger partial charge in [-0.1, -0.05) is 0 Å². The third-order valence-electron chi connectivity index (χ3n) is 2.21. The Bertz CT molecular complexity index is 165. The first-order valence-electron chi connectivity index (χ1n) is 3.61. The Hall–Kier alpha value is -0.610. The summed E-state index contributed by atoms with van der Waals surface area (Å²) in [5.41, 5.74) is -0.430. The van der Waals surface area contributed by atoms with E-state index in [1.807, 2.05) is 0 Å². The highest BCUT2D eigenvalue weighted by molar-refractivity contribution is 5.76.